The van der Waals surface area contributed by atoms with E-state index in [2.05, 4.69) is 0 Å². The predicted octanol–water partition coefficient (Wildman–Crippen LogP) is 4.70. The van der Waals surface area contributed by atoms with Gasteiger partial charge >= 0.3 is 0 Å². The average molecular weight is 473 g/mol. The molecule has 0 saturated carbocycles. The Labute approximate surface area is 204 Å². The molecule has 0 aliphatic carbocycles. The molecule has 3 aromatic rings. The Balaban J connectivity index is 2.01. The fourth-order valence-electron chi connectivity index (χ4n) is 4.40. The molecular formula is C28H28N2O5. The van der Waals surface area contributed by atoms with Crippen LogP contribution in [-0.4, -0.2) is 45.1 Å². The van der Waals surface area contributed by atoms with Crippen LogP contribution in [0.2, 0.25) is 0 Å². The van der Waals surface area contributed by atoms with E-state index in [0.717, 1.165) is 11.3 Å². The Bertz CT molecular complexity index is 1290. The molecule has 0 bridgehead atoms. The highest BCUT2D eigenvalue weighted by molar-refractivity contribution is 6.51. The van der Waals surface area contributed by atoms with E-state index in [1.165, 1.54) is 19.1 Å². The summed E-state index contributed by atoms with van der Waals surface area (Å²) in [5, 5.41) is 11.6. The van der Waals surface area contributed by atoms with Crippen molar-refractivity contribution in [1.29, 1.82) is 0 Å². The van der Waals surface area contributed by atoms with Crippen LogP contribution >= 0.6 is 0 Å². The van der Waals surface area contributed by atoms with Gasteiger partial charge in [0.25, 0.3) is 11.7 Å². The van der Waals surface area contributed by atoms with Crippen LogP contribution in [0.4, 0.5) is 11.4 Å². The molecule has 3 aromatic carbocycles. The molecule has 0 spiro atoms. The highest BCUT2D eigenvalue weighted by Gasteiger charge is 2.47. The largest absolute Gasteiger partial charge is 0.506 e. The van der Waals surface area contributed by atoms with E-state index in [4.69, 9.17) is 9.47 Å². The first kappa shape index (κ1) is 23.9. The Morgan fingerprint density at radius 3 is 2.03 bits per heavy atom. The summed E-state index contributed by atoms with van der Waals surface area (Å²) in [6, 6.07) is 19.1. The van der Waals surface area contributed by atoms with Crippen LogP contribution in [0.25, 0.3) is 5.76 Å². The van der Waals surface area contributed by atoms with Crippen LogP contribution in [0.3, 0.4) is 0 Å². The number of Topliss-reactive ketones (excluding diaryl/α,β-unsaturated/α-hetero) is 1. The number of aliphatic hydroxyl groups excluding tert-OH is 1. The third-order valence-electron chi connectivity index (χ3n) is 6.21. The Kier molecular flexibility index (Phi) is 6.51. The van der Waals surface area contributed by atoms with Gasteiger partial charge in [0.1, 0.15) is 22.8 Å². The molecule has 1 atom stereocenters. The average Bonchev–Trinajstić information content (AvgIpc) is 3.13. The quantitative estimate of drug-likeness (QED) is 0.318. The molecule has 0 radical (unpaired) electrons. The van der Waals surface area contributed by atoms with Gasteiger partial charge in [0.15, 0.2) is 0 Å². The molecule has 1 N–H and O–H groups in total. The van der Waals surface area contributed by atoms with E-state index >= 15 is 0 Å². The summed E-state index contributed by atoms with van der Waals surface area (Å²) in [7, 11) is 6.80. The summed E-state index contributed by atoms with van der Waals surface area (Å²) >= 11 is 0. The lowest BCUT2D eigenvalue weighted by molar-refractivity contribution is -0.132. The lowest BCUT2D eigenvalue weighted by Crippen LogP contribution is -2.30. The van der Waals surface area contributed by atoms with Gasteiger partial charge in [0.2, 0.25) is 0 Å². The van der Waals surface area contributed by atoms with Crippen molar-refractivity contribution in [3.05, 3.63) is 89.0 Å². The Hall–Kier alpha value is -4.26. The fraction of sp³-hybridized carbons (Fsp3) is 0.214. The second kappa shape index (κ2) is 9.54. The molecule has 7 heteroatoms. The van der Waals surface area contributed by atoms with Gasteiger partial charge in [-0.3, -0.25) is 14.5 Å². The van der Waals surface area contributed by atoms with Crippen LogP contribution in [0.5, 0.6) is 11.5 Å². The van der Waals surface area contributed by atoms with E-state index in [0.29, 0.717) is 22.7 Å². The molecule has 1 heterocycles. The number of amides is 1. The number of aliphatic hydroxyl groups is 1. The summed E-state index contributed by atoms with van der Waals surface area (Å²) in [5.41, 5.74) is 3.27. The molecule has 1 fully saturated rings. The normalized spacial score (nSPS) is 16.9. The number of nitrogens with zero attached hydrogens (tertiary/aromatic N) is 2. The first-order valence-corrected chi connectivity index (χ1v) is 11.2. The number of ether oxygens (including phenoxy) is 2. The van der Waals surface area contributed by atoms with Crippen molar-refractivity contribution in [3.63, 3.8) is 0 Å². The number of methoxy groups -OCH3 is 2. The summed E-state index contributed by atoms with van der Waals surface area (Å²) in [4.78, 5) is 30.3. The highest BCUT2D eigenvalue weighted by atomic mass is 16.5. The van der Waals surface area contributed by atoms with Gasteiger partial charge in [-0.25, -0.2) is 0 Å². The van der Waals surface area contributed by atoms with Gasteiger partial charge in [-0.15, -0.1) is 0 Å². The predicted molar refractivity (Wildman–Crippen MR) is 136 cm³/mol. The molecule has 7 nitrogen and oxygen atoms in total. The summed E-state index contributed by atoms with van der Waals surface area (Å²) in [6.07, 6.45) is 0. The Morgan fingerprint density at radius 1 is 0.886 bits per heavy atom. The first-order valence-electron chi connectivity index (χ1n) is 11.2. The minimum Gasteiger partial charge on any atom is -0.506 e. The number of hydrogen-bond donors (Lipinski definition) is 1. The zero-order chi connectivity index (χ0) is 25.3. The number of benzene rings is 3. The van der Waals surface area contributed by atoms with E-state index in [-0.39, 0.29) is 16.9 Å². The lowest BCUT2D eigenvalue weighted by Gasteiger charge is -2.27. The molecule has 1 aliphatic rings. The van der Waals surface area contributed by atoms with Crippen molar-refractivity contribution in [1.82, 2.24) is 0 Å². The smallest absolute Gasteiger partial charge is 0.300 e. The maximum atomic E-state index is 13.5. The summed E-state index contributed by atoms with van der Waals surface area (Å²) in [5.74, 6) is -1.19. The zero-order valence-corrected chi connectivity index (χ0v) is 20.4. The third kappa shape index (κ3) is 4.10. The molecule has 35 heavy (non-hydrogen) atoms. The number of para-hydroxylation sites is 1. The second-order valence-electron chi connectivity index (χ2n) is 8.48. The van der Waals surface area contributed by atoms with Crippen LogP contribution in [0.15, 0.2) is 72.3 Å². The fourth-order valence-corrected chi connectivity index (χ4v) is 4.40. The first-order chi connectivity index (χ1) is 16.8. The van der Waals surface area contributed by atoms with E-state index < -0.39 is 17.7 Å². The number of aryl methyl sites for hydroxylation is 1. The molecule has 1 amide bonds. The van der Waals surface area contributed by atoms with Crippen LogP contribution in [0.1, 0.15) is 22.7 Å². The van der Waals surface area contributed by atoms with Crippen LogP contribution < -0.4 is 19.3 Å². The molecule has 180 valence electrons. The van der Waals surface area contributed by atoms with Crippen molar-refractivity contribution in [2.45, 2.75) is 13.0 Å². The molecular weight excluding hydrogens is 444 g/mol. The summed E-state index contributed by atoms with van der Waals surface area (Å²) < 4.78 is 10.9. The van der Waals surface area contributed by atoms with Gasteiger partial charge in [0, 0.05) is 25.5 Å². The zero-order valence-electron chi connectivity index (χ0n) is 20.4. The third-order valence-corrected chi connectivity index (χ3v) is 6.21. The maximum Gasteiger partial charge on any atom is 0.300 e. The minimum absolute atomic E-state index is 0.0290. The molecule has 1 aliphatic heterocycles. The lowest BCUT2D eigenvalue weighted by atomic mass is 9.94. The monoisotopic (exact) mass is 472 g/mol. The van der Waals surface area contributed by atoms with Gasteiger partial charge in [-0.2, -0.15) is 0 Å². The SMILES string of the molecule is COc1cccc(OC)c1/C(O)=C1\C(=O)C(=O)N(c2ccccc2C)C1c1ccc(N(C)C)cc1. The number of carbonyl (C=O) groups excluding carboxylic acids is 2. The Morgan fingerprint density at radius 2 is 1.49 bits per heavy atom. The number of hydrogen-bond acceptors (Lipinski definition) is 6. The standard InChI is InChI=1S/C28H28N2O5/c1-17-9-6-7-10-20(17)30-25(18-13-15-19(16-14-18)29(2)3)24(27(32)28(30)33)26(31)23-21(34-4)11-8-12-22(23)35-5/h6-16,25,31H,1-5H3/b26-24+. The minimum atomic E-state index is -0.845. The van der Waals surface area contributed by atoms with Gasteiger partial charge in [0.05, 0.1) is 25.8 Å². The maximum absolute atomic E-state index is 13.5. The van der Waals surface area contributed by atoms with Crippen molar-refractivity contribution < 1.29 is 24.2 Å². The van der Waals surface area contributed by atoms with Crippen molar-refractivity contribution >= 4 is 28.8 Å². The molecule has 1 saturated heterocycles. The highest BCUT2D eigenvalue weighted by Crippen LogP contribution is 2.45. The summed E-state index contributed by atoms with van der Waals surface area (Å²) in [6.45, 7) is 1.88. The second-order valence-corrected chi connectivity index (χ2v) is 8.48. The van der Waals surface area contributed by atoms with Crippen molar-refractivity contribution in [2.24, 2.45) is 0 Å². The number of carbonyl (C=O) groups is 2. The van der Waals surface area contributed by atoms with Crippen LogP contribution in [0, 0.1) is 6.92 Å². The van der Waals surface area contributed by atoms with Gasteiger partial charge < -0.3 is 19.5 Å². The topological polar surface area (TPSA) is 79.3 Å². The van der Waals surface area contributed by atoms with Gasteiger partial charge in [-0.1, -0.05) is 36.4 Å². The van der Waals surface area contributed by atoms with Gasteiger partial charge in [-0.05, 0) is 48.4 Å². The van der Waals surface area contributed by atoms with Crippen molar-refractivity contribution in [3.8, 4) is 11.5 Å². The molecule has 4 rings (SSSR count). The van der Waals surface area contributed by atoms with E-state index in [1.807, 2.05) is 68.4 Å². The molecule has 0 aromatic heterocycles. The van der Waals surface area contributed by atoms with Crippen molar-refractivity contribution in [2.75, 3.05) is 38.1 Å². The molecule has 1 unspecified atom stereocenters. The number of ketones is 1. The van der Waals surface area contributed by atoms with E-state index in [9.17, 15) is 14.7 Å². The van der Waals surface area contributed by atoms with Crippen LogP contribution in [-0.2, 0) is 9.59 Å². The number of anilines is 2. The van der Waals surface area contributed by atoms with E-state index in [1.54, 1.807) is 24.3 Å². The number of rotatable bonds is 6.